The van der Waals surface area contributed by atoms with Gasteiger partial charge >= 0.3 is 0 Å². The maximum absolute atomic E-state index is 13.6. The van der Waals surface area contributed by atoms with Crippen LogP contribution in [0.3, 0.4) is 0 Å². The van der Waals surface area contributed by atoms with Crippen LogP contribution in [0.15, 0.2) is 60.7 Å². The normalized spacial score (nSPS) is 13.3. The first-order valence-corrected chi connectivity index (χ1v) is 12.5. The van der Waals surface area contributed by atoms with Gasteiger partial charge in [0.1, 0.15) is 23.1 Å². The van der Waals surface area contributed by atoms with E-state index >= 15 is 0 Å². The van der Waals surface area contributed by atoms with Crippen LogP contribution < -0.4 is 19.5 Å². The summed E-state index contributed by atoms with van der Waals surface area (Å²) >= 11 is 0. The third-order valence-electron chi connectivity index (χ3n) is 6.28. The van der Waals surface area contributed by atoms with E-state index in [1.165, 1.54) is 38.8 Å². The number of halogens is 1. The van der Waals surface area contributed by atoms with Crippen LogP contribution in [0.1, 0.15) is 40.7 Å². The van der Waals surface area contributed by atoms with Crippen LogP contribution in [0.2, 0.25) is 0 Å². The van der Waals surface area contributed by atoms with Gasteiger partial charge in [-0.05, 0) is 66.8 Å². The summed E-state index contributed by atoms with van der Waals surface area (Å²) in [4.78, 5) is 27.4. The van der Waals surface area contributed by atoms with E-state index in [0.717, 1.165) is 31.5 Å². The van der Waals surface area contributed by atoms with Crippen molar-refractivity contribution in [3.05, 3.63) is 83.2 Å². The number of ether oxygens (including phenoxy) is 3. The maximum Gasteiger partial charge on any atom is 0.260 e. The standard InChI is InChI=1S/C30H31FN2O5/c1-36-26-17-22(29(27(19-26)37-2)30(35)32-24-8-6-7-23(31)18-24)12-9-21-10-13-25(14-11-21)38-20-28(34)33-15-4-3-5-16-33/h6-14,17-19H,3-5,15-16,20H2,1-2H3,(H,32,35). The summed E-state index contributed by atoms with van der Waals surface area (Å²) in [7, 11) is 3.00. The molecular formula is C30H31FN2O5. The molecule has 0 bridgehead atoms. The van der Waals surface area contributed by atoms with Crippen LogP contribution in [0.4, 0.5) is 10.1 Å². The van der Waals surface area contributed by atoms with Crippen LogP contribution in [0.25, 0.3) is 12.2 Å². The predicted octanol–water partition coefficient (Wildman–Crippen LogP) is 5.66. The van der Waals surface area contributed by atoms with Crippen molar-refractivity contribution in [1.29, 1.82) is 0 Å². The molecule has 1 heterocycles. The molecule has 1 N–H and O–H groups in total. The zero-order valence-corrected chi connectivity index (χ0v) is 21.5. The highest BCUT2D eigenvalue weighted by molar-refractivity contribution is 6.09. The molecule has 0 radical (unpaired) electrons. The number of rotatable bonds is 9. The van der Waals surface area contributed by atoms with E-state index in [4.69, 9.17) is 14.2 Å². The molecule has 0 aliphatic carbocycles. The van der Waals surface area contributed by atoms with Crippen molar-refractivity contribution in [2.24, 2.45) is 0 Å². The van der Waals surface area contributed by atoms with E-state index in [1.54, 1.807) is 36.4 Å². The lowest BCUT2D eigenvalue weighted by atomic mass is 10.0. The quantitative estimate of drug-likeness (QED) is 0.370. The maximum atomic E-state index is 13.6. The number of benzene rings is 3. The third kappa shape index (κ3) is 6.91. The molecule has 198 valence electrons. The van der Waals surface area contributed by atoms with Crippen molar-refractivity contribution in [3.8, 4) is 17.2 Å². The van der Waals surface area contributed by atoms with E-state index in [9.17, 15) is 14.0 Å². The number of hydrogen-bond donors (Lipinski definition) is 1. The Morgan fingerprint density at radius 3 is 2.37 bits per heavy atom. The van der Waals surface area contributed by atoms with E-state index in [2.05, 4.69) is 5.32 Å². The summed E-state index contributed by atoms with van der Waals surface area (Å²) in [6.07, 6.45) is 6.87. The van der Waals surface area contributed by atoms with Gasteiger partial charge in [-0.1, -0.05) is 30.4 Å². The van der Waals surface area contributed by atoms with Crippen LogP contribution in [0.5, 0.6) is 17.2 Å². The average Bonchev–Trinajstić information content (AvgIpc) is 2.95. The molecule has 1 fully saturated rings. The van der Waals surface area contributed by atoms with E-state index in [0.29, 0.717) is 28.5 Å². The van der Waals surface area contributed by atoms with Gasteiger partial charge in [0.25, 0.3) is 11.8 Å². The minimum atomic E-state index is -0.451. The molecule has 8 heteroatoms. The van der Waals surface area contributed by atoms with Crippen molar-refractivity contribution in [2.75, 3.05) is 39.2 Å². The lowest BCUT2D eigenvalue weighted by Crippen LogP contribution is -2.38. The highest BCUT2D eigenvalue weighted by Gasteiger charge is 2.19. The second-order valence-electron chi connectivity index (χ2n) is 8.89. The van der Waals surface area contributed by atoms with Gasteiger partial charge in [0.2, 0.25) is 0 Å². The molecule has 3 aromatic rings. The number of methoxy groups -OCH3 is 2. The van der Waals surface area contributed by atoms with Crippen molar-refractivity contribution >= 4 is 29.7 Å². The minimum Gasteiger partial charge on any atom is -0.497 e. The SMILES string of the molecule is COc1cc(C=Cc2ccc(OCC(=O)N3CCCCC3)cc2)c(C(=O)Nc2cccc(F)c2)c(OC)c1. The first kappa shape index (κ1) is 26.7. The van der Waals surface area contributed by atoms with Gasteiger partial charge in [-0.2, -0.15) is 0 Å². The molecule has 0 aromatic heterocycles. The monoisotopic (exact) mass is 518 g/mol. The van der Waals surface area contributed by atoms with Gasteiger partial charge in [0.05, 0.1) is 19.8 Å². The number of amides is 2. The van der Waals surface area contributed by atoms with E-state index in [1.807, 2.05) is 23.1 Å². The van der Waals surface area contributed by atoms with Gasteiger partial charge in [-0.3, -0.25) is 9.59 Å². The molecule has 4 rings (SSSR count). The van der Waals surface area contributed by atoms with Gasteiger partial charge in [-0.15, -0.1) is 0 Å². The van der Waals surface area contributed by atoms with Crippen molar-refractivity contribution in [2.45, 2.75) is 19.3 Å². The number of nitrogens with one attached hydrogen (secondary N) is 1. The van der Waals surface area contributed by atoms with Gasteiger partial charge in [-0.25, -0.2) is 4.39 Å². The molecule has 3 aromatic carbocycles. The largest absolute Gasteiger partial charge is 0.497 e. The zero-order chi connectivity index (χ0) is 26.9. The number of likely N-dealkylation sites (tertiary alicyclic amines) is 1. The Labute approximate surface area is 221 Å². The molecule has 1 aliphatic heterocycles. The molecule has 1 aliphatic rings. The first-order chi connectivity index (χ1) is 18.5. The van der Waals surface area contributed by atoms with E-state index in [-0.39, 0.29) is 18.1 Å². The summed E-state index contributed by atoms with van der Waals surface area (Å²) in [5, 5.41) is 2.72. The summed E-state index contributed by atoms with van der Waals surface area (Å²) in [6, 6.07) is 16.3. The lowest BCUT2D eigenvalue weighted by molar-refractivity contribution is -0.134. The number of nitrogens with zero attached hydrogens (tertiary/aromatic N) is 1. The molecule has 2 amide bonds. The van der Waals surface area contributed by atoms with Crippen molar-refractivity contribution < 1.29 is 28.2 Å². The fourth-order valence-electron chi connectivity index (χ4n) is 4.26. The first-order valence-electron chi connectivity index (χ1n) is 12.5. The van der Waals surface area contributed by atoms with Gasteiger partial charge in [0, 0.05) is 24.8 Å². The Morgan fingerprint density at radius 2 is 1.68 bits per heavy atom. The fourth-order valence-corrected chi connectivity index (χ4v) is 4.26. The number of carbonyl (C=O) groups excluding carboxylic acids is 2. The number of anilines is 1. The Morgan fingerprint density at radius 1 is 0.921 bits per heavy atom. The Kier molecular flexibility index (Phi) is 8.98. The summed E-state index contributed by atoms with van der Waals surface area (Å²) < 4.78 is 30.2. The summed E-state index contributed by atoms with van der Waals surface area (Å²) in [5.74, 6) is 0.547. The zero-order valence-electron chi connectivity index (χ0n) is 21.5. The van der Waals surface area contributed by atoms with Crippen LogP contribution >= 0.6 is 0 Å². The van der Waals surface area contributed by atoms with Gasteiger partial charge in [0.15, 0.2) is 6.61 Å². The Bertz CT molecular complexity index is 1300. The minimum absolute atomic E-state index is 0.00434. The highest BCUT2D eigenvalue weighted by Crippen LogP contribution is 2.31. The van der Waals surface area contributed by atoms with Crippen LogP contribution in [0, 0.1) is 5.82 Å². The Balaban J connectivity index is 1.49. The smallest absolute Gasteiger partial charge is 0.260 e. The third-order valence-corrected chi connectivity index (χ3v) is 6.28. The van der Waals surface area contributed by atoms with Crippen LogP contribution in [-0.2, 0) is 4.79 Å². The molecule has 0 spiro atoms. The molecule has 38 heavy (non-hydrogen) atoms. The molecule has 7 nitrogen and oxygen atoms in total. The van der Waals surface area contributed by atoms with Crippen molar-refractivity contribution in [1.82, 2.24) is 4.90 Å². The average molecular weight is 519 g/mol. The summed E-state index contributed by atoms with van der Waals surface area (Å²) in [5.41, 5.74) is 2.03. The fraction of sp³-hybridized carbons (Fsp3) is 0.267. The number of piperidine rings is 1. The second-order valence-corrected chi connectivity index (χ2v) is 8.89. The van der Waals surface area contributed by atoms with E-state index < -0.39 is 11.7 Å². The molecular weight excluding hydrogens is 487 g/mol. The topological polar surface area (TPSA) is 77.1 Å². The molecule has 1 saturated heterocycles. The highest BCUT2D eigenvalue weighted by atomic mass is 19.1. The molecule has 0 unspecified atom stereocenters. The lowest BCUT2D eigenvalue weighted by Gasteiger charge is -2.26. The molecule has 0 saturated carbocycles. The number of carbonyl (C=O) groups is 2. The van der Waals surface area contributed by atoms with Gasteiger partial charge < -0.3 is 24.4 Å². The number of hydrogen-bond acceptors (Lipinski definition) is 5. The van der Waals surface area contributed by atoms with Crippen molar-refractivity contribution in [3.63, 3.8) is 0 Å². The molecule has 0 atom stereocenters. The second kappa shape index (κ2) is 12.8. The van der Waals surface area contributed by atoms with Crippen LogP contribution in [-0.4, -0.2) is 50.6 Å². The Hall–Kier alpha value is -4.33. The predicted molar refractivity (Wildman–Crippen MR) is 145 cm³/mol. The summed E-state index contributed by atoms with van der Waals surface area (Å²) in [6.45, 7) is 1.61.